The number of carboxylic acid groups (broad SMARTS) is 1. The van der Waals surface area contributed by atoms with Crippen molar-refractivity contribution in [3.8, 4) is 5.75 Å². The van der Waals surface area contributed by atoms with Gasteiger partial charge in [0.1, 0.15) is 11.3 Å². The first kappa shape index (κ1) is 12.0. The first-order valence-corrected chi connectivity index (χ1v) is 5.16. The van der Waals surface area contributed by atoms with Crippen LogP contribution in [-0.2, 0) is 0 Å². The smallest absolute Gasteiger partial charge is 0.339 e. The second kappa shape index (κ2) is 5.70. The van der Waals surface area contributed by atoms with E-state index in [2.05, 4.69) is 15.9 Å². The van der Waals surface area contributed by atoms with Crippen LogP contribution in [0.25, 0.3) is 0 Å². The van der Waals surface area contributed by atoms with Crippen LogP contribution in [0.3, 0.4) is 0 Å². The van der Waals surface area contributed by atoms with Crippen molar-refractivity contribution in [2.45, 2.75) is 6.42 Å². The van der Waals surface area contributed by atoms with Crippen molar-refractivity contribution in [1.29, 1.82) is 0 Å². The Balaban J connectivity index is 2.81. The number of carboxylic acids is 1. The van der Waals surface area contributed by atoms with E-state index in [4.69, 9.17) is 9.84 Å². The van der Waals surface area contributed by atoms with Gasteiger partial charge in [0.25, 0.3) is 0 Å². The van der Waals surface area contributed by atoms with E-state index in [9.17, 15) is 9.18 Å². The molecule has 82 valence electrons. The van der Waals surface area contributed by atoms with Crippen LogP contribution in [0.5, 0.6) is 5.75 Å². The molecule has 0 heterocycles. The van der Waals surface area contributed by atoms with Crippen LogP contribution in [0.15, 0.2) is 22.7 Å². The van der Waals surface area contributed by atoms with E-state index in [0.717, 1.165) is 0 Å². The van der Waals surface area contributed by atoms with E-state index in [1.54, 1.807) is 12.1 Å². The summed E-state index contributed by atoms with van der Waals surface area (Å²) in [4.78, 5) is 10.8. The number of carbonyl (C=O) groups is 1. The van der Waals surface area contributed by atoms with E-state index in [0.29, 0.717) is 4.47 Å². The number of ether oxygens (including phenoxy) is 1. The molecule has 1 rings (SSSR count). The fourth-order valence-electron chi connectivity index (χ4n) is 1.03. The molecule has 0 radical (unpaired) electrons. The van der Waals surface area contributed by atoms with Crippen molar-refractivity contribution in [2.75, 3.05) is 13.3 Å². The molecule has 0 spiro atoms. The molecule has 0 aliphatic heterocycles. The second-order valence-electron chi connectivity index (χ2n) is 2.84. The van der Waals surface area contributed by atoms with E-state index in [1.165, 1.54) is 6.07 Å². The maximum absolute atomic E-state index is 11.8. The van der Waals surface area contributed by atoms with Crippen LogP contribution in [0, 0.1) is 0 Å². The molecule has 0 aromatic heterocycles. The summed E-state index contributed by atoms with van der Waals surface area (Å²) in [5.74, 6) is -0.800. The second-order valence-corrected chi connectivity index (χ2v) is 3.75. The fraction of sp³-hybridized carbons (Fsp3) is 0.300. The van der Waals surface area contributed by atoms with E-state index >= 15 is 0 Å². The van der Waals surface area contributed by atoms with Crippen LogP contribution >= 0.6 is 15.9 Å². The number of benzene rings is 1. The summed E-state index contributed by atoms with van der Waals surface area (Å²) in [6.07, 6.45) is 0.259. The Bertz CT molecular complexity index is 355. The van der Waals surface area contributed by atoms with Gasteiger partial charge in [-0.1, -0.05) is 15.9 Å². The number of hydrogen-bond donors (Lipinski definition) is 1. The normalized spacial score (nSPS) is 10.0. The standard InChI is InChI=1S/C10H10BrFO3/c11-7-2-3-9(15-5-1-4-12)8(6-7)10(13)14/h2-3,6H,1,4-5H2,(H,13,14). The molecule has 0 saturated heterocycles. The van der Waals surface area contributed by atoms with Crippen molar-refractivity contribution >= 4 is 21.9 Å². The molecule has 0 unspecified atom stereocenters. The summed E-state index contributed by atoms with van der Waals surface area (Å²) < 4.78 is 17.6. The van der Waals surface area contributed by atoms with Gasteiger partial charge in [0.15, 0.2) is 0 Å². The molecular formula is C10H10BrFO3. The molecule has 0 amide bonds. The highest BCUT2D eigenvalue weighted by Gasteiger charge is 2.11. The predicted molar refractivity (Wildman–Crippen MR) is 57.2 cm³/mol. The molecule has 1 N–H and O–H groups in total. The summed E-state index contributed by atoms with van der Waals surface area (Å²) in [5.41, 5.74) is 0.0724. The van der Waals surface area contributed by atoms with Crippen LogP contribution < -0.4 is 4.74 Å². The first-order chi connectivity index (χ1) is 7.15. The number of rotatable bonds is 5. The van der Waals surface area contributed by atoms with Crippen molar-refractivity contribution in [3.63, 3.8) is 0 Å². The molecule has 0 aliphatic rings. The monoisotopic (exact) mass is 276 g/mol. The van der Waals surface area contributed by atoms with Gasteiger partial charge in [-0.25, -0.2) is 4.79 Å². The zero-order valence-electron chi connectivity index (χ0n) is 7.87. The van der Waals surface area contributed by atoms with Crippen LogP contribution in [0.1, 0.15) is 16.8 Å². The van der Waals surface area contributed by atoms with Gasteiger partial charge < -0.3 is 9.84 Å². The lowest BCUT2D eigenvalue weighted by Crippen LogP contribution is -2.04. The quantitative estimate of drug-likeness (QED) is 0.842. The average Bonchev–Trinajstić information content (AvgIpc) is 2.20. The number of hydrogen-bond acceptors (Lipinski definition) is 2. The Hall–Kier alpha value is -1.10. The van der Waals surface area contributed by atoms with Crippen molar-refractivity contribution in [1.82, 2.24) is 0 Å². The maximum Gasteiger partial charge on any atom is 0.339 e. The molecule has 0 aliphatic carbocycles. The Morgan fingerprint density at radius 2 is 2.27 bits per heavy atom. The van der Waals surface area contributed by atoms with Gasteiger partial charge in [0.2, 0.25) is 0 Å². The topological polar surface area (TPSA) is 46.5 Å². The molecule has 0 fully saturated rings. The SMILES string of the molecule is O=C(O)c1cc(Br)ccc1OCCCF. The Labute approximate surface area is 95.0 Å². The minimum atomic E-state index is -1.06. The third kappa shape index (κ3) is 3.51. The largest absolute Gasteiger partial charge is 0.493 e. The lowest BCUT2D eigenvalue weighted by molar-refractivity contribution is 0.0692. The minimum Gasteiger partial charge on any atom is -0.493 e. The summed E-state index contributed by atoms with van der Waals surface area (Å²) in [5, 5.41) is 8.87. The summed E-state index contributed by atoms with van der Waals surface area (Å²) >= 11 is 3.17. The Morgan fingerprint density at radius 3 is 2.87 bits per heavy atom. The Kier molecular flexibility index (Phi) is 4.55. The number of halogens is 2. The van der Waals surface area contributed by atoms with E-state index in [1.807, 2.05) is 0 Å². The maximum atomic E-state index is 11.8. The van der Waals surface area contributed by atoms with Gasteiger partial charge in [0, 0.05) is 10.9 Å². The number of aromatic carboxylic acids is 1. The van der Waals surface area contributed by atoms with Crippen molar-refractivity contribution in [2.24, 2.45) is 0 Å². The van der Waals surface area contributed by atoms with Gasteiger partial charge in [-0.05, 0) is 18.2 Å². The molecule has 0 bridgehead atoms. The molecule has 0 atom stereocenters. The molecule has 1 aromatic rings. The van der Waals surface area contributed by atoms with Gasteiger partial charge in [-0.15, -0.1) is 0 Å². The number of alkyl halides is 1. The van der Waals surface area contributed by atoms with E-state index < -0.39 is 12.6 Å². The van der Waals surface area contributed by atoms with Gasteiger partial charge in [-0.2, -0.15) is 0 Å². The highest BCUT2D eigenvalue weighted by Crippen LogP contribution is 2.23. The van der Waals surface area contributed by atoms with Crippen LogP contribution in [0.4, 0.5) is 4.39 Å². The lowest BCUT2D eigenvalue weighted by atomic mass is 10.2. The molecule has 15 heavy (non-hydrogen) atoms. The average molecular weight is 277 g/mol. The van der Waals surface area contributed by atoms with Crippen molar-refractivity contribution < 1.29 is 19.0 Å². The zero-order valence-corrected chi connectivity index (χ0v) is 9.46. The zero-order chi connectivity index (χ0) is 11.3. The van der Waals surface area contributed by atoms with Crippen LogP contribution in [0.2, 0.25) is 0 Å². The minimum absolute atomic E-state index is 0.0724. The highest BCUT2D eigenvalue weighted by molar-refractivity contribution is 9.10. The predicted octanol–water partition coefficient (Wildman–Crippen LogP) is 2.89. The molecule has 0 saturated carbocycles. The fourth-order valence-corrected chi connectivity index (χ4v) is 1.39. The molecular weight excluding hydrogens is 267 g/mol. The molecule has 3 nitrogen and oxygen atoms in total. The molecule has 1 aromatic carbocycles. The third-order valence-electron chi connectivity index (χ3n) is 1.71. The van der Waals surface area contributed by atoms with Gasteiger partial charge >= 0.3 is 5.97 Å². The van der Waals surface area contributed by atoms with Crippen molar-refractivity contribution in [3.05, 3.63) is 28.2 Å². The van der Waals surface area contributed by atoms with Gasteiger partial charge in [0.05, 0.1) is 13.3 Å². The summed E-state index contributed by atoms with van der Waals surface area (Å²) in [6, 6.07) is 4.68. The highest BCUT2D eigenvalue weighted by atomic mass is 79.9. The first-order valence-electron chi connectivity index (χ1n) is 4.36. The Morgan fingerprint density at radius 1 is 1.53 bits per heavy atom. The summed E-state index contributed by atoms with van der Waals surface area (Å²) in [7, 11) is 0. The molecule has 5 heteroatoms. The van der Waals surface area contributed by atoms with Gasteiger partial charge in [-0.3, -0.25) is 4.39 Å². The van der Waals surface area contributed by atoms with Crippen LogP contribution in [-0.4, -0.2) is 24.4 Å². The van der Waals surface area contributed by atoms with E-state index in [-0.39, 0.29) is 24.3 Å². The lowest BCUT2D eigenvalue weighted by Gasteiger charge is -2.08. The third-order valence-corrected chi connectivity index (χ3v) is 2.20. The summed E-state index contributed by atoms with van der Waals surface area (Å²) in [6.45, 7) is -0.294.